The van der Waals surface area contributed by atoms with Crippen molar-refractivity contribution in [3.05, 3.63) is 24.5 Å². The zero-order chi connectivity index (χ0) is 13.1. The van der Waals surface area contributed by atoms with Crippen LogP contribution >= 0.6 is 0 Å². The smallest absolute Gasteiger partial charge is 0.225 e. The lowest BCUT2D eigenvalue weighted by Crippen LogP contribution is -2.34. The largest absolute Gasteiger partial charge is 0.487 e. The maximum atomic E-state index is 12.3. The number of amides is 1. The van der Waals surface area contributed by atoms with Crippen molar-refractivity contribution in [2.45, 2.75) is 38.2 Å². The molecule has 3 rings (SSSR count). The summed E-state index contributed by atoms with van der Waals surface area (Å²) < 4.78 is 5.86. The predicted octanol–water partition coefficient (Wildman–Crippen LogP) is 2.25. The molecule has 2 fully saturated rings. The SMILES string of the molecule is O=C(C1CCCC1)N1CC[C@H](Oc2cccnc2)C1. The van der Waals surface area contributed by atoms with Crippen LogP contribution in [0.25, 0.3) is 0 Å². The van der Waals surface area contributed by atoms with Gasteiger partial charge in [-0.1, -0.05) is 12.8 Å². The molecule has 1 saturated heterocycles. The third-order valence-electron chi connectivity index (χ3n) is 4.10. The van der Waals surface area contributed by atoms with Crippen LogP contribution in [0.4, 0.5) is 0 Å². The molecule has 2 heterocycles. The van der Waals surface area contributed by atoms with Gasteiger partial charge in [0.1, 0.15) is 11.9 Å². The Hall–Kier alpha value is -1.58. The summed E-state index contributed by atoms with van der Waals surface area (Å²) in [7, 11) is 0. The average Bonchev–Trinajstić information content (AvgIpc) is 3.10. The van der Waals surface area contributed by atoms with E-state index in [-0.39, 0.29) is 12.0 Å². The van der Waals surface area contributed by atoms with Crippen LogP contribution in [0.2, 0.25) is 0 Å². The first-order valence-corrected chi connectivity index (χ1v) is 7.18. The second kappa shape index (κ2) is 5.59. The van der Waals surface area contributed by atoms with E-state index in [4.69, 9.17) is 4.74 Å². The maximum Gasteiger partial charge on any atom is 0.225 e. The zero-order valence-corrected chi connectivity index (χ0v) is 11.1. The van der Waals surface area contributed by atoms with Gasteiger partial charge in [-0.05, 0) is 25.0 Å². The fourth-order valence-corrected chi connectivity index (χ4v) is 3.06. The summed E-state index contributed by atoms with van der Waals surface area (Å²) in [5.74, 6) is 1.41. The van der Waals surface area contributed by atoms with Crippen LogP contribution < -0.4 is 4.74 Å². The molecule has 0 bridgehead atoms. The highest BCUT2D eigenvalue weighted by Crippen LogP contribution is 2.28. The molecule has 2 aliphatic rings. The van der Waals surface area contributed by atoms with Gasteiger partial charge in [-0.3, -0.25) is 9.78 Å². The van der Waals surface area contributed by atoms with Gasteiger partial charge in [0.15, 0.2) is 0 Å². The van der Waals surface area contributed by atoms with Gasteiger partial charge >= 0.3 is 0 Å². The standard InChI is InChI=1S/C15H20N2O2/c18-15(12-4-1-2-5-12)17-9-7-14(11-17)19-13-6-3-8-16-10-13/h3,6,8,10,12,14H,1-2,4-5,7,9,11H2/t14-/m0/s1. The summed E-state index contributed by atoms with van der Waals surface area (Å²) in [6.07, 6.45) is 9.06. The Morgan fingerprint density at radius 1 is 1.32 bits per heavy atom. The third-order valence-corrected chi connectivity index (χ3v) is 4.10. The van der Waals surface area contributed by atoms with Crippen molar-refractivity contribution in [3.8, 4) is 5.75 Å². The first kappa shape index (κ1) is 12.5. The van der Waals surface area contributed by atoms with E-state index in [2.05, 4.69) is 4.98 Å². The van der Waals surface area contributed by atoms with Crippen molar-refractivity contribution >= 4 is 5.91 Å². The molecule has 1 aliphatic heterocycles. The highest BCUT2D eigenvalue weighted by atomic mass is 16.5. The number of likely N-dealkylation sites (tertiary alicyclic amines) is 1. The van der Waals surface area contributed by atoms with Crippen LogP contribution in [0.3, 0.4) is 0 Å². The van der Waals surface area contributed by atoms with Crippen molar-refractivity contribution < 1.29 is 9.53 Å². The summed E-state index contributed by atoms with van der Waals surface area (Å²) in [5.41, 5.74) is 0. The first-order chi connectivity index (χ1) is 9.33. The summed E-state index contributed by atoms with van der Waals surface area (Å²) in [5, 5.41) is 0. The van der Waals surface area contributed by atoms with Gasteiger partial charge in [0.2, 0.25) is 5.91 Å². The molecule has 19 heavy (non-hydrogen) atoms. The van der Waals surface area contributed by atoms with Gasteiger partial charge < -0.3 is 9.64 Å². The number of ether oxygens (including phenoxy) is 1. The minimum absolute atomic E-state index is 0.120. The van der Waals surface area contributed by atoms with E-state index in [1.165, 1.54) is 12.8 Å². The summed E-state index contributed by atoms with van der Waals surface area (Å²) in [6, 6.07) is 3.78. The first-order valence-electron chi connectivity index (χ1n) is 7.18. The fraction of sp³-hybridized carbons (Fsp3) is 0.600. The van der Waals surface area contributed by atoms with E-state index in [1.54, 1.807) is 12.4 Å². The van der Waals surface area contributed by atoms with Gasteiger partial charge in [0.05, 0.1) is 12.7 Å². The highest BCUT2D eigenvalue weighted by molar-refractivity contribution is 5.79. The number of rotatable bonds is 3. The molecular weight excluding hydrogens is 240 g/mol. The molecule has 0 unspecified atom stereocenters. The fourth-order valence-electron chi connectivity index (χ4n) is 3.06. The molecule has 4 heteroatoms. The Balaban J connectivity index is 1.53. The average molecular weight is 260 g/mol. The number of carbonyl (C=O) groups is 1. The zero-order valence-electron chi connectivity index (χ0n) is 11.1. The molecule has 102 valence electrons. The number of aromatic nitrogens is 1. The van der Waals surface area contributed by atoms with Crippen LogP contribution in [0.1, 0.15) is 32.1 Å². The Bertz CT molecular complexity index is 429. The second-order valence-electron chi connectivity index (χ2n) is 5.48. The van der Waals surface area contributed by atoms with E-state index >= 15 is 0 Å². The van der Waals surface area contributed by atoms with Crippen molar-refractivity contribution in [1.29, 1.82) is 0 Å². The second-order valence-corrected chi connectivity index (χ2v) is 5.48. The molecule has 1 saturated carbocycles. The van der Waals surface area contributed by atoms with E-state index in [0.29, 0.717) is 5.91 Å². The van der Waals surface area contributed by atoms with E-state index in [9.17, 15) is 4.79 Å². The predicted molar refractivity (Wildman–Crippen MR) is 71.8 cm³/mol. The molecule has 0 aromatic carbocycles. The van der Waals surface area contributed by atoms with Crippen LogP contribution in [0.15, 0.2) is 24.5 Å². The summed E-state index contributed by atoms with van der Waals surface area (Å²) in [6.45, 7) is 1.56. The normalized spacial score (nSPS) is 23.8. The molecular formula is C15H20N2O2. The Kier molecular flexibility index (Phi) is 3.67. The number of nitrogens with zero attached hydrogens (tertiary/aromatic N) is 2. The van der Waals surface area contributed by atoms with Gasteiger partial charge in [-0.15, -0.1) is 0 Å². The minimum Gasteiger partial charge on any atom is -0.487 e. The van der Waals surface area contributed by atoms with Gasteiger partial charge in [0, 0.05) is 25.1 Å². The van der Waals surface area contributed by atoms with Crippen molar-refractivity contribution in [2.75, 3.05) is 13.1 Å². The maximum absolute atomic E-state index is 12.3. The van der Waals surface area contributed by atoms with E-state index in [0.717, 1.165) is 38.1 Å². The minimum atomic E-state index is 0.120. The highest BCUT2D eigenvalue weighted by Gasteiger charge is 2.32. The molecule has 1 aromatic rings. The Labute approximate surface area is 113 Å². The number of pyridine rings is 1. The Morgan fingerprint density at radius 2 is 2.16 bits per heavy atom. The quantitative estimate of drug-likeness (QED) is 0.837. The number of hydrogen-bond acceptors (Lipinski definition) is 3. The lowest BCUT2D eigenvalue weighted by Gasteiger charge is -2.20. The van der Waals surface area contributed by atoms with E-state index in [1.807, 2.05) is 17.0 Å². The number of hydrogen-bond donors (Lipinski definition) is 0. The lowest BCUT2D eigenvalue weighted by atomic mass is 10.1. The topological polar surface area (TPSA) is 42.4 Å². The van der Waals surface area contributed by atoms with Crippen molar-refractivity contribution in [2.24, 2.45) is 5.92 Å². The Morgan fingerprint density at radius 3 is 2.89 bits per heavy atom. The monoisotopic (exact) mass is 260 g/mol. The van der Waals surface area contributed by atoms with Crippen molar-refractivity contribution in [1.82, 2.24) is 9.88 Å². The van der Waals surface area contributed by atoms with Crippen molar-refractivity contribution in [3.63, 3.8) is 0 Å². The van der Waals surface area contributed by atoms with Gasteiger partial charge in [-0.2, -0.15) is 0 Å². The van der Waals surface area contributed by atoms with Crippen LogP contribution in [-0.2, 0) is 4.79 Å². The number of carbonyl (C=O) groups excluding carboxylic acids is 1. The molecule has 0 radical (unpaired) electrons. The molecule has 0 N–H and O–H groups in total. The van der Waals surface area contributed by atoms with Crippen LogP contribution in [0, 0.1) is 5.92 Å². The molecule has 4 nitrogen and oxygen atoms in total. The third kappa shape index (κ3) is 2.88. The molecule has 0 spiro atoms. The lowest BCUT2D eigenvalue weighted by molar-refractivity contribution is -0.134. The van der Waals surface area contributed by atoms with E-state index < -0.39 is 0 Å². The van der Waals surface area contributed by atoms with Gasteiger partial charge in [-0.25, -0.2) is 0 Å². The van der Waals surface area contributed by atoms with Gasteiger partial charge in [0.25, 0.3) is 0 Å². The molecule has 1 aromatic heterocycles. The van der Waals surface area contributed by atoms with Crippen LogP contribution in [-0.4, -0.2) is 35.0 Å². The molecule has 1 aliphatic carbocycles. The molecule has 1 atom stereocenters. The summed E-state index contributed by atoms with van der Waals surface area (Å²) in [4.78, 5) is 18.3. The van der Waals surface area contributed by atoms with Crippen LogP contribution in [0.5, 0.6) is 5.75 Å². The molecule has 1 amide bonds. The summed E-state index contributed by atoms with van der Waals surface area (Å²) >= 11 is 0.